The number of nitrogens with one attached hydrogen (secondary N) is 1. The standard InChI is InChI=1S/C10H14N2O2S/c1-14-5-6-15-9-7-3-2-4-8(7)11-10(13)12-9/h2-6H2,1H3,(H,11,12,13). The van der Waals surface area contributed by atoms with E-state index >= 15 is 0 Å². The molecule has 1 aliphatic rings. The van der Waals surface area contributed by atoms with Crippen LogP contribution in [0.15, 0.2) is 9.82 Å². The van der Waals surface area contributed by atoms with Crippen LogP contribution < -0.4 is 5.69 Å². The highest BCUT2D eigenvalue weighted by Gasteiger charge is 2.17. The van der Waals surface area contributed by atoms with Crippen molar-refractivity contribution < 1.29 is 4.74 Å². The maximum atomic E-state index is 11.3. The zero-order valence-electron chi connectivity index (χ0n) is 8.71. The maximum absolute atomic E-state index is 11.3. The number of aromatic nitrogens is 2. The highest BCUT2D eigenvalue weighted by atomic mass is 32.2. The quantitative estimate of drug-likeness (QED) is 0.473. The van der Waals surface area contributed by atoms with Gasteiger partial charge in [-0.2, -0.15) is 4.98 Å². The van der Waals surface area contributed by atoms with E-state index < -0.39 is 0 Å². The minimum absolute atomic E-state index is 0.226. The first kappa shape index (κ1) is 10.7. The smallest absolute Gasteiger partial charge is 0.346 e. The van der Waals surface area contributed by atoms with Crippen molar-refractivity contribution >= 4 is 11.8 Å². The van der Waals surface area contributed by atoms with Gasteiger partial charge in [0.1, 0.15) is 5.03 Å². The monoisotopic (exact) mass is 226 g/mol. The summed E-state index contributed by atoms with van der Waals surface area (Å²) >= 11 is 1.61. The second-order valence-corrected chi connectivity index (χ2v) is 4.58. The third-order valence-electron chi connectivity index (χ3n) is 2.46. The Kier molecular flexibility index (Phi) is 3.43. The largest absolute Gasteiger partial charge is 0.384 e. The molecule has 0 fully saturated rings. The second kappa shape index (κ2) is 4.81. The number of methoxy groups -OCH3 is 1. The van der Waals surface area contributed by atoms with Gasteiger partial charge in [-0.25, -0.2) is 4.79 Å². The molecule has 1 N–H and O–H groups in total. The summed E-state index contributed by atoms with van der Waals surface area (Å²) in [4.78, 5) is 18.1. The summed E-state index contributed by atoms with van der Waals surface area (Å²) in [6, 6.07) is 0. The molecule has 5 heteroatoms. The van der Waals surface area contributed by atoms with Crippen LogP contribution >= 0.6 is 11.8 Å². The lowest BCUT2D eigenvalue weighted by atomic mass is 10.3. The summed E-state index contributed by atoms with van der Waals surface area (Å²) in [6.45, 7) is 0.688. The van der Waals surface area contributed by atoms with E-state index in [1.807, 2.05) is 0 Å². The molecular formula is C10H14N2O2S. The minimum atomic E-state index is -0.226. The van der Waals surface area contributed by atoms with Crippen molar-refractivity contribution in [2.45, 2.75) is 24.3 Å². The lowest BCUT2D eigenvalue weighted by Crippen LogP contribution is -2.14. The first-order chi connectivity index (χ1) is 7.31. The Hall–Kier alpha value is -0.810. The molecule has 82 valence electrons. The van der Waals surface area contributed by atoms with Crippen molar-refractivity contribution in [3.8, 4) is 0 Å². The number of aromatic amines is 1. The van der Waals surface area contributed by atoms with Crippen LogP contribution in [0.2, 0.25) is 0 Å². The van der Waals surface area contributed by atoms with Gasteiger partial charge in [-0.15, -0.1) is 11.8 Å². The lowest BCUT2D eigenvalue weighted by Gasteiger charge is -2.05. The molecule has 0 amide bonds. The molecule has 1 aliphatic carbocycles. The predicted molar refractivity (Wildman–Crippen MR) is 59.5 cm³/mol. The molecule has 1 aromatic rings. The number of fused-ring (bicyclic) bond motifs is 1. The molecule has 0 unspecified atom stereocenters. The van der Waals surface area contributed by atoms with Gasteiger partial charge in [0.05, 0.1) is 6.61 Å². The van der Waals surface area contributed by atoms with E-state index in [2.05, 4.69) is 9.97 Å². The van der Waals surface area contributed by atoms with Gasteiger partial charge in [-0.3, -0.25) is 0 Å². The fraction of sp³-hybridized carbons (Fsp3) is 0.600. The number of hydrogen-bond donors (Lipinski definition) is 1. The van der Waals surface area contributed by atoms with Crippen LogP contribution in [-0.4, -0.2) is 29.4 Å². The molecule has 2 rings (SSSR count). The van der Waals surface area contributed by atoms with Gasteiger partial charge in [0.15, 0.2) is 0 Å². The predicted octanol–water partition coefficient (Wildman–Crippen LogP) is 0.997. The average Bonchev–Trinajstić information content (AvgIpc) is 2.65. The minimum Gasteiger partial charge on any atom is -0.384 e. The van der Waals surface area contributed by atoms with Crippen LogP contribution in [0.3, 0.4) is 0 Å². The number of aryl methyl sites for hydroxylation is 1. The third kappa shape index (κ3) is 2.41. The SMILES string of the molecule is COCCSc1nc(=O)[nH]c2c1CCC2. The molecule has 15 heavy (non-hydrogen) atoms. The Balaban J connectivity index is 2.19. The Morgan fingerprint density at radius 1 is 1.53 bits per heavy atom. The third-order valence-corrected chi connectivity index (χ3v) is 3.45. The van der Waals surface area contributed by atoms with E-state index in [1.165, 1.54) is 5.56 Å². The van der Waals surface area contributed by atoms with Crippen molar-refractivity contribution in [3.63, 3.8) is 0 Å². The van der Waals surface area contributed by atoms with E-state index in [9.17, 15) is 4.79 Å². The van der Waals surface area contributed by atoms with Crippen molar-refractivity contribution in [2.75, 3.05) is 19.5 Å². The zero-order valence-corrected chi connectivity index (χ0v) is 9.52. The molecule has 0 bridgehead atoms. The molecule has 1 aromatic heterocycles. The number of ether oxygens (including phenoxy) is 1. The Morgan fingerprint density at radius 2 is 2.40 bits per heavy atom. The van der Waals surface area contributed by atoms with Crippen LogP contribution in [0, 0.1) is 0 Å². The van der Waals surface area contributed by atoms with Crippen LogP contribution in [-0.2, 0) is 17.6 Å². The molecule has 0 saturated heterocycles. The Bertz CT molecular complexity index is 403. The van der Waals surface area contributed by atoms with Crippen LogP contribution in [0.25, 0.3) is 0 Å². The van der Waals surface area contributed by atoms with E-state index in [1.54, 1.807) is 18.9 Å². The number of nitrogens with zero attached hydrogens (tertiary/aromatic N) is 1. The van der Waals surface area contributed by atoms with E-state index in [-0.39, 0.29) is 5.69 Å². The molecule has 0 saturated carbocycles. The van der Waals surface area contributed by atoms with Gasteiger partial charge >= 0.3 is 5.69 Å². The van der Waals surface area contributed by atoms with Gasteiger partial charge in [-0.1, -0.05) is 0 Å². The second-order valence-electron chi connectivity index (χ2n) is 3.50. The van der Waals surface area contributed by atoms with Gasteiger partial charge in [-0.05, 0) is 19.3 Å². The molecule has 4 nitrogen and oxygen atoms in total. The zero-order chi connectivity index (χ0) is 10.7. The molecule has 0 aromatic carbocycles. The number of H-pyrrole nitrogens is 1. The van der Waals surface area contributed by atoms with Gasteiger partial charge < -0.3 is 9.72 Å². The lowest BCUT2D eigenvalue weighted by molar-refractivity contribution is 0.218. The highest BCUT2D eigenvalue weighted by molar-refractivity contribution is 7.99. The maximum Gasteiger partial charge on any atom is 0.346 e. The van der Waals surface area contributed by atoms with Gasteiger partial charge in [0.25, 0.3) is 0 Å². The number of hydrogen-bond acceptors (Lipinski definition) is 4. The normalized spacial score (nSPS) is 14.2. The average molecular weight is 226 g/mol. The number of rotatable bonds is 4. The molecular weight excluding hydrogens is 212 g/mol. The summed E-state index contributed by atoms with van der Waals surface area (Å²) in [6.07, 6.45) is 3.13. The fourth-order valence-corrected chi connectivity index (χ4v) is 2.77. The summed E-state index contributed by atoms with van der Waals surface area (Å²) < 4.78 is 4.98. The molecule has 1 heterocycles. The summed E-state index contributed by atoms with van der Waals surface area (Å²) in [7, 11) is 1.68. The summed E-state index contributed by atoms with van der Waals surface area (Å²) in [5.41, 5.74) is 2.08. The topological polar surface area (TPSA) is 55.0 Å². The van der Waals surface area contributed by atoms with E-state index in [4.69, 9.17) is 4.74 Å². The Labute approximate surface area is 92.5 Å². The van der Waals surface area contributed by atoms with Crippen molar-refractivity contribution in [1.29, 1.82) is 0 Å². The van der Waals surface area contributed by atoms with Crippen molar-refractivity contribution in [3.05, 3.63) is 21.7 Å². The fourth-order valence-electron chi connectivity index (χ4n) is 1.78. The summed E-state index contributed by atoms with van der Waals surface area (Å²) in [5, 5.41) is 0.892. The molecule has 0 aliphatic heterocycles. The van der Waals surface area contributed by atoms with Crippen LogP contribution in [0.1, 0.15) is 17.7 Å². The first-order valence-corrected chi connectivity index (χ1v) is 6.03. The first-order valence-electron chi connectivity index (χ1n) is 5.05. The molecule has 0 radical (unpaired) electrons. The van der Waals surface area contributed by atoms with Crippen LogP contribution in [0.4, 0.5) is 0 Å². The van der Waals surface area contributed by atoms with Gasteiger partial charge in [0.2, 0.25) is 0 Å². The van der Waals surface area contributed by atoms with Crippen LogP contribution in [0.5, 0.6) is 0 Å². The van der Waals surface area contributed by atoms with Gasteiger partial charge in [0, 0.05) is 24.1 Å². The van der Waals surface area contributed by atoms with Crippen molar-refractivity contribution in [2.24, 2.45) is 0 Å². The summed E-state index contributed by atoms with van der Waals surface area (Å²) in [5.74, 6) is 0.847. The highest BCUT2D eigenvalue weighted by Crippen LogP contribution is 2.27. The van der Waals surface area contributed by atoms with E-state index in [0.29, 0.717) is 6.61 Å². The Morgan fingerprint density at radius 3 is 3.20 bits per heavy atom. The molecule has 0 atom stereocenters. The number of thioether (sulfide) groups is 1. The van der Waals surface area contributed by atoms with Crippen molar-refractivity contribution in [1.82, 2.24) is 9.97 Å². The van der Waals surface area contributed by atoms with E-state index in [0.717, 1.165) is 35.7 Å². The molecule has 0 spiro atoms.